The summed E-state index contributed by atoms with van der Waals surface area (Å²) < 4.78 is 66.1. The van der Waals surface area contributed by atoms with Gasteiger partial charge in [-0.05, 0) is 19.4 Å². The van der Waals surface area contributed by atoms with E-state index in [2.05, 4.69) is 5.32 Å². The monoisotopic (exact) mass is 322 g/mol. The summed E-state index contributed by atoms with van der Waals surface area (Å²) in [6.07, 6.45) is 0.543. The molecule has 1 fully saturated rings. The van der Waals surface area contributed by atoms with Crippen LogP contribution in [0.15, 0.2) is 17.0 Å². The second-order valence-electron chi connectivity index (χ2n) is 5.22. The van der Waals surface area contributed by atoms with E-state index >= 15 is 0 Å². The number of hydrogen-bond acceptors (Lipinski definition) is 3. The lowest BCUT2D eigenvalue weighted by Gasteiger charge is -2.36. The van der Waals surface area contributed by atoms with Crippen LogP contribution in [0.5, 0.6) is 0 Å². The van der Waals surface area contributed by atoms with E-state index in [9.17, 15) is 21.6 Å². The van der Waals surface area contributed by atoms with Crippen molar-refractivity contribution in [2.75, 3.05) is 20.1 Å². The van der Waals surface area contributed by atoms with Crippen LogP contribution in [0.2, 0.25) is 0 Å². The average Bonchev–Trinajstić information content (AvgIpc) is 2.36. The van der Waals surface area contributed by atoms with Crippen LogP contribution in [-0.2, 0) is 10.0 Å². The lowest BCUT2D eigenvalue weighted by atomic mass is 9.96. The third-order valence-corrected chi connectivity index (χ3v) is 5.72. The number of nitrogens with one attached hydrogen (secondary N) is 1. The van der Waals surface area contributed by atoms with Crippen molar-refractivity contribution in [2.45, 2.75) is 24.3 Å². The Morgan fingerprint density at radius 2 is 1.81 bits per heavy atom. The van der Waals surface area contributed by atoms with Gasteiger partial charge in [0.25, 0.3) is 0 Å². The van der Waals surface area contributed by atoms with Crippen LogP contribution in [0.1, 0.15) is 13.3 Å². The highest BCUT2D eigenvalue weighted by molar-refractivity contribution is 7.89. The molecule has 0 amide bonds. The Hall–Kier alpha value is -1.12. The van der Waals surface area contributed by atoms with E-state index in [4.69, 9.17) is 0 Å². The molecule has 1 heterocycles. The summed E-state index contributed by atoms with van der Waals surface area (Å²) in [6, 6.07) is 0.902. The molecular formula is C13H17F3N2O2S. The molecule has 1 aromatic carbocycles. The van der Waals surface area contributed by atoms with Crippen molar-refractivity contribution in [3.63, 3.8) is 0 Å². The Morgan fingerprint density at radius 3 is 2.29 bits per heavy atom. The Morgan fingerprint density at radius 1 is 1.24 bits per heavy atom. The third-order valence-electron chi connectivity index (χ3n) is 3.80. The zero-order valence-electron chi connectivity index (χ0n) is 11.7. The van der Waals surface area contributed by atoms with Crippen molar-refractivity contribution in [2.24, 2.45) is 5.92 Å². The van der Waals surface area contributed by atoms with Crippen LogP contribution in [0.25, 0.3) is 0 Å². The topological polar surface area (TPSA) is 49.4 Å². The smallest absolute Gasteiger partial charge is 0.248 e. The van der Waals surface area contributed by atoms with Gasteiger partial charge < -0.3 is 5.32 Å². The molecule has 4 nitrogen and oxygen atoms in total. The second kappa shape index (κ2) is 5.94. The molecule has 1 aliphatic rings. The molecule has 1 aromatic rings. The van der Waals surface area contributed by atoms with Crippen molar-refractivity contribution in [1.29, 1.82) is 0 Å². The minimum absolute atomic E-state index is 0.00472. The Balaban J connectivity index is 2.36. The molecule has 8 heteroatoms. The van der Waals surface area contributed by atoms with Crippen molar-refractivity contribution < 1.29 is 21.6 Å². The molecule has 0 spiro atoms. The first-order valence-electron chi connectivity index (χ1n) is 6.59. The van der Waals surface area contributed by atoms with Gasteiger partial charge in [0.1, 0.15) is 17.5 Å². The number of halogens is 3. The fourth-order valence-electron chi connectivity index (χ4n) is 2.66. The Labute approximate surface area is 122 Å². The summed E-state index contributed by atoms with van der Waals surface area (Å²) in [5.74, 6) is -3.96. The van der Waals surface area contributed by atoms with Gasteiger partial charge >= 0.3 is 0 Å². The first kappa shape index (κ1) is 16.3. The molecule has 0 radical (unpaired) electrons. The van der Waals surface area contributed by atoms with E-state index in [1.807, 2.05) is 6.92 Å². The van der Waals surface area contributed by atoms with Gasteiger partial charge in [-0.1, -0.05) is 6.92 Å². The molecule has 0 saturated carbocycles. The Bertz CT molecular complexity index is 613. The van der Waals surface area contributed by atoms with Gasteiger partial charge in [0.15, 0.2) is 4.90 Å². The van der Waals surface area contributed by atoms with E-state index < -0.39 is 32.4 Å². The van der Waals surface area contributed by atoms with Gasteiger partial charge in [-0.25, -0.2) is 21.6 Å². The van der Waals surface area contributed by atoms with Crippen LogP contribution in [-0.4, -0.2) is 38.9 Å². The highest BCUT2D eigenvalue weighted by atomic mass is 32.2. The van der Waals surface area contributed by atoms with E-state index in [-0.39, 0.29) is 25.0 Å². The molecule has 0 bridgehead atoms. The molecule has 2 rings (SSSR count). The molecule has 2 unspecified atom stereocenters. The van der Waals surface area contributed by atoms with Crippen molar-refractivity contribution in [3.05, 3.63) is 29.6 Å². The van der Waals surface area contributed by atoms with E-state index in [1.54, 1.807) is 7.05 Å². The van der Waals surface area contributed by atoms with Crippen molar-refractivity contribution >= 4 is 10.0 Å². The van der Waals surface area contributed by atoms with E-state index in [0.29, 0.717) is 18.6 Å². The molecule has 0 aliphatic carbocycles. The number of nitrogens with zero attached hydrogens (tertiary/aromatic N) is 1. The number of rotatable bonds is 3. The van der Waals surface area contributed by atoms with Crippen LogP contribution in [0.3, 0.4) is 0 Å². The molecule has 118 valence electrons. The number of benzene rings is 1. The molecule has 1 N–H and O–H groups in total. The molecule has 2 atom stereocenters. The quantitative estimate of drug-likeness (QED) is 0.922. The normalized spacial score (nSPS) is 24.2. The van der Waals surface area contributed by atoms with Crippen LogP contribution in [0, 0.1) is 23.4 Å². The first-order valence-corrected chi connectivity index (χ1v) is 8.03. The summed E-state index contributed by atoms with van der Waals surface area (Å²) in [6.45, 7) is 2.18. The average molecular weight is 322 g/mol. The summed E-state index contributed by atoms with van der Waals surface area (Å²) in [7, 11) is -2.53. The van der Waals surface area contributed by atoms with Gasteiger partial charge in [0.2, 0.25) is 10.0 Å². The van der Waals surface area contributed by atoms with Gasteiger partial charge in [-0.15, -0.1) is 0 Å². The summed E-state index contributed by atoms with van der Waals surface area (Å²) >= 11 is 0. The third kappa shape index (κ3) is 3.07. The van der Waals surface area contributed by atoms with Crippen molar-refractivity contribution in [3.8, 4) is 0 Å². The summed E-state index contributed by atoms with van der Waals surface area (Å²) in [5.41, 5.74) is 0. The predicted molar refractivity (Wildman–Crippen MR) is 71.7 cm³/mol. The van der Waals surface area contributed by atoms with Crippen LogP contribution >= 0.6 is 0 Å². The maximum Gasteiger partial charge on any atom is 0.248 e. The van der Waals surface area contributed by atoms with Crippen LogP contribution in [0.4, 0.5) is 13.2 Å². The maximum absolute atomic E-state index is 13.7. The minimum Gasteiger partial charge on any atom is -0.317 e. The number of hydrogen-bond donors (Lipinski definition) is 1. The standard InChI is InChI=1S/C13H17F3N2O2S/c1-8-7-18(4-3-12(8)17-2)21(19,20)13-10(15)5-9(14)6-11(13)16/h5-6,8,12,17H,3-4,7H2,1-2H3. The number of piperidine rings is 1. The predicted octanol–water partition coefficient (Wildman–Crippen LogP) is 1.72. The number of sulfonamides is 1. The summed E-state index contributed by atoms with van der Waals surface area (Å²) in [5, 5.41) is 3.08. The zero-order chi connectivity index (χ0) is 15.8. The fourth-order valence-corrected chi connectivity index (χ4v) is 4.31. The largest absolute Gasteiger partial charge is 0.317 e. The fraction of sp³-hybridized carbons (Fsp3) is 0.538. The van der Waals surface area contributed by atoms with Crippen LogP contribution < -0.4 is 5.32 Å². The highest BCUT2D eigenvalue weighted by Crippen LogP contribution is 2.27. The second-order valence-corrected chi connectivity index (χ2v) is 7.10. The highest BCUT2D eigenvalue weighted by Gasteiger charge is 2.36. The molecule has 1 saturated heterocycles. The van der Waals surface area contributed by atoms with E-state index in [0.717, 1.165) is 4.31 Å². The Kier molecular flexibility index (Phi) is 4.60. The lowest BCUT2D eigenvalue weighted by molar-refractivity contribution is 0.227. The molecule has 1 aliphatic heterocycles. The van der Waals surface area contributed by atoms with Gasteiger partial charge in [0.05, 0.1) is 0 Å². The molecule has 0 aromatic heterocycles. The lowest BCUT2D eigenvalue weighted by Crippen LogP contribution is -2.49. The molecular weight excluding hydrogens is 305 g/mol. The maximum atomic E-state index is 13.7. The zero-order valence-corrected chi connectivity index (χ0v) is 12.6. The minimum atomic E-state index is -4.32. The molecule has 21 heavy (non-hydrogen) atoms. The van der Waals surface area contributed by atoms with Gasteiger partial charge in [-0.3, -0.25) is 0 Å². The van der Waals surface area contributed by atoms with Gasteiger partial charge in [0, 0.05) is 31.3 Å². The summed E-state index contributed by atoms with van der Waals surface area (Å²) in [4.78, 5) is -1.08. The SMILES string of the molecule is CNC1CCN(S(=O)(=O)c2c(F)cc(F)cc2F)CC1C. The first-order chi connectivity index (χ1) is 9.77. The van der Waals surface area contributed by atoms with Gasteiger partial charge in [-0.2, -0.15) is 4.31 Å². The van der Waals surface area contributed by atoms with Crippen molar-refractivity contribution in [1.82, 2.24) is 9.62 Å². The van der Waals surface area contributed by atoms with E-state index in [1.165, 1.54) is 0 Å².